The van der Waals surface area contributed by atoms with Gasteiger partial charge in [0.25, 0.3) is 0 Å². The van der Waals surface area contributed by atoms with Gasteiger partial charge in [0.05, 0.1) is 54.4 Å². The predicted octanol–water partition coefficient (Wildman–Crippen LogP) is 5.75. The molecular weight excluding hydrogens is 507 g/mol. The second-order valence-electron chi connectivity index (χ2n) is 11.5. The van der Waals surface area contributed by atoms with Crippen LogP contribution in [0.1, 0.15) is 25.0 Å². The first-order chi connectivity index (χ1) is 19.3. The van der Waals surface area contributed by atoms with E-state index in [1.807, 2.05) is 38.1 Å². The van der Waals surface area contributed by atoms with Crippen LogP contribution in [0.4, 0.5) is 21.5 Å². The van der Waals surface area contributed by atoms with E-state index in [-0.39, 0.29) is 11.2 Å². The van der Waals surface area contributed by atoms with Crippen molar-refractivity contribution in [3.05, 3.63) is 77.7 Å². The average Bonchev–Trinajstić information content (AvgIpc) is 3.28. The molecule has 40 heavy (non-hydrogen) atoms. The van der Waals surface area contributed by atoms with Crippen LogP contribution in [0.25, 0.3) is 22.3 Å². The molecule has 0 bridgehead atoms. The van der Waals surface area contributed by atoms with Crippen LogP contribution in [0.15, 0.2) is 60.8 Å². The molecule has 4 aromatic rings. The fourth-order valence-corrected chi connectivity index (χ4v) is 6.25. The van der Waals surface area contributed by atoms with Crippen LogP contribution in [0, 0.1) is 12.7 Å². The van der Waals surface area contributed by atoms with E-state index in [2.05, 4.69) is 39.9 Å². The Morgan fingerprint density at radius 2 is 1.75 bits per heavy atom. The van der Waals surface area contributed by atoms with E-state index >= 15 is 0 Å². The van der Waals surface area contributed by atoms with Crippen LogP contribution in [0.5, 0.6) is 0 Å². The van der Waals surface area contributed by atoms with Crippen molar-refractivity contribution < 1.29 is 18.6 Å². The molecule has 2 aromatic carbocycles. The minimum absolute atomic E-state index is 0.314. The number of nitrogens with zero attached hydrogens (tertiary/aromatic N) is 4. The maximum Gasteiger partial charge on any atom is 0.162 e. The number of halogens is 1. The number of hydrogen-bond donors (Lipinski definition) is 0. The number of benzene rings is 2. The summed E-state index contributed by atoms with van der Waals surface area (Å²) in [5, 5.41) is 0.899. The molecule has 0 unspecified atom stereocenters. The molecule has 0 saturated carbocycles. The molecule has 206 valence electrons. The van der Waals surface area contributed by atoms with Crippen LogP contribution < -0.4 is 9.80 Å². The highest BCUT2D eigenvalue weighted by Crippen LogP contribution is 2.51. The van der Waals surface area contributed by atoms with E-state index in [0.29, 0.717) is 38.5 Å². The van der Waals surface area contributed by atoms with Gasteiger partial charge in [-0.15, -0.1) is 0 Å². The van der Waals surface area contributed by atoms with Gasteiger partial charge in [-0.05, 0) is 62.7 Å². The summed E-state index contributed by atoms with van der Waals surface area (Å²) >= 11 is 0. The normalized spacial score (nSPS) is 19.8. The molecule has 2 saturated heterocycles. The van der Waals surface area contributed by atoms with Gasteiger partial charge in [0.1, 0.15) is 5.82 Å². The molecule has 2 fully saturated rings. The first-order valence-electron chi connectivity index (χ1n) is 13.9. The number of ether oxygens (including phenoxy) is 3. The minimum Gasteiger partial charge on any atom is -0.378 e. The van der Waals surface area contributed by atoms with Crippen molar-refractivity contribution in [2.24, 2.45) is 0 Å². The molecule has 0 aliphatic carbocycles. The van der Waals surface area contributed by atoms with Crippen LogP contribution >= 0.6 is 0 Å². The van der Waals surface area contributed by atoms with E-state index < -0.39 is 5.79 Å². The van der Waals surface area contributed by atoms with Crippen LogP contribution in [-0.2, 0) is 19.6 Å². The fourth-order valence-electron chi connectivity index (χ4n) is 6.25. The zero-order valence-electron chi connectivity index (χ0n) is 23.1. The second-order valence-corrected chi connectivity index (χ2v) is 11.5. The Hall–Kier alpha value is -3.59. The number of morpholine rings is 1. The van der Waals surface area contributed by atoms with Gasteiger partial charge < -0.3 is 24.0 Å². The summed E-state index contributed by atoms with van der Waals surface area (Å²) in [6, 6.07) is 17.4. The molecule has 2 aromatic heterocycles. The third-order valence-electron chi connectivity index (χ3n) is 8.41. The molecule has 0 atom stereocenters. The number of fused-ring (bicyclic) bond motifs is 3. The largest absolute Gasteiger partial charge is 0.378 e. The summed E-state index contributed by atoms with van der Waals surface area (Å²) in [5.41, 5.74) is 7.24. The Balaban J connectivity index is 1.44. The number of anilines is 3. The molecule has 0 amide bonds. The molecule has 7 nitrogen and oxygen atoms in total. The lowest BCUT2D eigenvalue weighted by Crippen LogP contribution is -2.51. The molecule has 3 aliphatic heterocycles. The van der Waals surface area contributed by atoms with Crippen LogP contribution in [0.2, 0.25) is 0 Å². The van der Waals surface area contributed by atoms with Crippen LogP contribution in [0.3, 0.4) is 0 Å². The van der Waals surface area contributed by atoms with Gasteiger partial charge in [0.2, 0.25) is 0 Å². The van der Waals surface area contributed by atoms with Crippen molar-refractivity contribution in [3.8, 4) is 11.4 Å². The Bertz CT molecular complexity index is 1580. The van der Waals surface area contributed by atoms with Crippen molar-refractivity contribution in [1.29, 1.82) is 0 Å². The fraction of sp³-hybridized carbons (Fsp3) is 0.375. The van der Waals surface area contributed by atoms with Gasteiger partial charge in [0.15, 0.2) is 5.79 Å². The van der Waals surface area contributed by atoms with Gasteiger partial charge >= 0.3 is 0 Å². The molecule has 8 heteroatoms. The van der Waals surface area contributed by atoms with Crippen molar-refractivity contribution in [1.82, 2.24) is 9.97 Å². The van der Waals surface area contributed by atoms with Gasteiger partial charge in [-0.1, -0.05) is 12.1 Å². The van der Waals surface area contributed by atoms with Gasteiger partial charge in [0, 0.05) is 54.2 Å². The number of pyridine rings is 2. The highest BCUT2D eigenvalue weighted by atomic mass is 19.1. The van der Waals surface area contributed by atoms with E-state index in [9.17, 15) is 4.39 Å². The summed E-state index contributed by atoms with van der Waals surface area (Å²) in [4.78, 5) is 14.2. The number of rotatable bonds is 3. The standard InChI is InChI=1S/C32H33FN4O3/c1-21-29(26-6-4-5-11-34-26)35-27-16-22(33)7-9-24(27)30(21)37-18-32(19-39-31(2,3)40-20-32)25-10-8-23(17-28(25)37)36-12-14-38-15-13-36/h4-11,16-17H,12-15,18-20H2,1-3H3. The van der Waals surface area contributed by atoms with Crippen LogP contribution in [-0.4, -0.2) is 61.8 Å². The molecule has 0 radical (unpaired) electrons. The van der Waals surface area contributed by atoms with Gasteiger partial charge in [-0.2, -0.15) is 0 Å². The number of hydrogen-bond acceptors (Lipinski definition) is 7. The Morgan fingerprint density at radius 1 is 0.950 bits per heavy atom. The van der Waals surface area contributed by atoms with Crippen molar-refractivity contribution in [2.75, 3.05) is 55.9 Å². The highest BCUT2D eigenvalue weighted by Gasteiger charge is 2.49. The summed E-state index contributed by atoms with van der Waals surface area (Å²) < 4.78 is 32.7. The second kappa shape index (κ2) is 9.51. The van der Waals surface area contributed by atoms with E-state index in [4.69, 9.17) is 19.2 Å². The topological polar surface area (TPSA) is 60.0 Å². The minimum atomic E-state index is -0.629. The third-order valence-corrected chi connectivity index (χ3v) is 8.41. The molecule has 1 spiro atoms. The lowest BCUT2D eigenvalue weighted by molar-refractivity contribution is -0.267. The SMILES string of the molecule is Cc1c(-c2ccccn2)nc2cc(F)ccc2c1N1CC2(COC(C)(C)OC2)c2ccc(N3CCOCC3)cc21. The van der Waals surface area contributed by atoms with Crippen molar-refractivity contribution >= 4 is 28.0 Å². The summed E-state index contributed by atoms with van der Waals surface area (Å²) in [7, 11) is 0. The first kappa shape index (κ1) is 25.4. The Labute approximate surface area is 233 Å². The molecule has 7 rings (SSSR count). The molecule has 5 heterocycles. The third kappa shape index (κ3) is 4.22. The smallest absolute Gasteiger partial charge is 0.162 e. The van der Waals surface area contributed by atoms with E-state index in [1.54, 1.807) is 6.20 Å². The average molecular weight is 541 g/mol. The Morgan fingerprint density at radius 3 is 2.50 bits per heavy atom. The van der Waals surface area contributed by atoms with Crippen molar-refractivity contribution in [3.63, 3.8) is 0 Å². The number of aromatic nitrogens is 2. The maximum atomic E-state index is 14.5. The van der Waals surface area contributed by atoms with Gasteiger partial charge in [-0.3, -0.25) is 4.98 Å². The lowest BCUT2D eigenvalue weighted by Gasteiger charge is -2.42. The van der Waals surface area contributed by atoms with E-state index in [1.165, 1.54) is 17.7 Å². The zero-order valence-corrected chi connectivity index (χ0v) is 23.1. The highest BCUT2D eigenvalue weighted by molar-refractivity contribution is 5.99. The monoisotopic (exact) mass is 540 g/mol. The summed E-state index contributed by atoms with van der Waals surface area (Å²) in [6.07, 6.45) is 1.76. The molecule has 3 aliphatic rings. The molecular formula is C32H33FN4O3. The summed E-state index contributed by atoms with van der Waals surface area (Å²) in [5.74, 6) is -0.943. The zero-order chi connectivity index (χ0) is 27.5. The quantitative estimate of drug-likeness (QED) is 0.328. The van der Waals surface area contributed by atoms with Crippen molar-refractivity contribution in [2.45, 2.75) is 32.0 Å². The Kier molecular flexibility index (Phi) is 6.03. The van der Waals surface area contributed by atoms with E-state index in [0.717, 1.165) is 52.5 Å². The summed E-state index contributed by atoms with van der Waals surface area (Å²) in [6.45, 7) is 10.9. The first-order valence-corrected chi connectivity index (χ1v) is 13.9. The lowest BCUT2D eigenvalue weighted by atomic mass is 9.83. The maximum absolute atomic E-state index is 14.5. The van der Waals surface area contributed by atoms with Gasteiger partial charge in [-0.25, -0.2) is 9.37 Å². The molecule has 0 N–H and O–H groups in total. The predicted molar refractivity (Wildman–Crippen MR) is 154 cm³/mol.